The first-order valence-corrected chi connectivity index (χ1v) is 43.7. The monoisotopic (exact) mass is 1350 g/mol. The van der Waals surface area contributed by atoms with Crippen LogP contribution >= 0.6 is 0 Å². The van der Waals surface area contributed by atoms with E-state index < -0.39 is 113 Å². The number of hydrogen-bond acceptors (Lipinski definition) is 27. The van der Waals surface area contributed by atoms with E-state index in [-0.39, 0.29) is 175 Å². The van der Waals surface area contributed by atoms with E-state index in [4.69, 9.17) is 82.5 Å². The number of hydrogen-bond donors (Lipinski definition) is 0. The third-order valence-corrected chi connectivity index (χ3v) is 49.8. The number of carbonyl (C=O) groups is 8. The van der Waals surface area contributed by atoms with Gasteiger partial charge < -0.3 is 82.5 Å². The van der Waals surface area contributed by atoms with Crippen LogP contribution in [0.4, 0.5) is 0 Å². The molecule has 0 N–H and O–H groups in total. The van der Waals surface area contributed by atoms with Gasteiger partial charge in [-0.3, -0.25) is 4.79 Å². The van der Waals surface area contributed by atoms with E-state index in [1.165, 1.54) is 6.08 Å². The average molecular weight is 1350 g/mol. The van der Waals surface area contributed by atoms with Crippen LogP contribution in [0.5, 0.6) is 0 Å². The molecule has 0 spiro atoms. The van der Waals surface area contributed by atoms with E-state index in [2.05, 4.69) is 52.6 Å². The highest BCUT2D eigenvalue weighted by molar-refractivity contribution is 7.00. The molecule has 27 nitrogen and oxygen atoms in total. The van der Waals surface area contributed by atoms with Crippen molar-refractivity contribution in [2.24, 2.45) is 0 Å². The normalized spacial score (nSPS) is 27.4. The minimum Gasteiger partial charge on any atom is -0.463 e. The Morgan fingerprint density at radius 3 is 0.882 bits per heavy atom. The molecule has 0 aromatic carbocycles. The maximum atomic E-state index is 12.8. The molecule has 4 aliphatic rings. The van der Waals surface area contributed by atoms with Crippen molar-refractivity contribution in [2.45, 2.75) is 113 Å². The molecule has 4 aliphatic heterocycles. The summed E-state index contributed by atoms with van der Waals surface area (Å²) in [7, 11) is -37.3. The van der Waals surface area contributed by atoms with Crippen molar-refractivity contribution in [1.29, 1.82) is 0 Å². The zero-order valence-corrected chi connectivity index (χ0v) is 58.2. The smallest absolute Gasteiger partial charge is 0.463 e. The fourth-order valence-electron chi connectivity index (χ4n) is 8.65. The molecule has 4 saturated heterocycles. The number of carbonyl (C=O) groups excluding carboxylic acids is 8. The third kappa shape index (κ3) is 23.8. The molecule has 472 valence electrons. The number of fused-ring (bicyclic) bond motifs is 4. The molecule has 4 fully saturated rings. The van der Waals surface area contributed by atoms with Crippen LogP contribution in [0.1, 0.15) is 64.2 Å². The fourth-order valence-corrected chi connectivity index (χ4v) is 57.0. The number of ether oxygens (including phenoxy) is 7. The van der Waals surface area contributed by atoms with Gasteiger partial charge >= 0.3 is 113 Å². The van der Waals surface area contributed by atoms with Crippen molar-refractivity contribution in [1.82, 2.24) is 0 Å². The van der Waals surface area contributed by atoms with Crippen molar-refractivity contribution in [3.8, 4) is 0 Å². The summed E-state index contributed by atoms with van der Waals surface area (Å²) in [6.07, 6.45) is 8.61. The maximum absolute atomic E-state index is 12.8. The van der Waals surface area contributed by atoms with Gasteiger partial charge in [-0.1, -0.05) is 52.6 Å². The quantitative estimate of drug-likeness (QED) is 0.0273. The number of ketones is 1. The maximum Gasteiger partial charge on any atom is 0.479 e. The Kier molecular flexibility index (Phi) is 30.8. The van der Waals surface area contributed by atoms with Crippen LogP contribution in [0.3, 0.4) is 0 Å². The Hall–Kier alpha value is -4.65. The second-order valence-electron chi connectivity index (χ2n) is 18.8. The lowest BCUT2D eigenvalue weighted by atomic mass is 10.2. The lowest BCUT2D eigenvalue weighted by Crippen LogP contribution is -2.84. The topological polar surface area (TPSA) is 312 Å². The van der Waals surface area contributed by atoms with E-state index in [1.807, 2.05) is 0 Å². The Morgan fingerprint density at radius 1 is 0.329 bits per heavy atom. The Bertz CT molecular complexity index is 2320. The van der Waals surface area contributed by atoms with Crippen molar-refractivity contribution < 1.29 is 121 Å². The zero-order chi connectivity index (χ0) is 62.5. The molecule has 4 heterocycles. The highest BCUT2D eigenvalue weighted by Gasteiger charge is 2.78. The molecule has 0 saturated carbocycles. The standard InChI is InChI=1S/C49H78O27Si9/c1-9-42(50)26-17-18-35-82-74-83(39-23-31-62-47(55)14-6)68-79(65-77,36-20-28-59-44(52)11-3)69-84(75-82,40-24-32-63-48(56)15-7)71-81(38-22-30-61-46(54)13-5)67-78(34-19-27-58-43(51)10-2)66-80(70-83,37-21-29-60-45(53)12-4)72-85(73-81,76-82)41-25-33-64-49(57)16-8/h9-16,78H,1-8,17-41H2,77H3. The first-order chi connectivity index (χ1) is 40.6. The van der Waals surface area contributed by atoms with Crippen LogP contribution in [0.15, 0.2) is 101 Å². The lowest BCUT2D eigenvalue weighted by Gasteiger charge is -2.60. The molecular formula is C49H78O27Si9. The second-order valence-corrected chi connectivity index (χ2v) is 44.2. The van der Waals surface area contributed by atoms with Gasteiger partial charge in [0.2, 0.25) is 0 Å². The predicted octanol–water partition coefficient (Wildman–Crippen LogP) is 4.07. The van der Waals surface area contributed by atoms with Gasteiger partial charge in [0.1, 0.15) is 10.5 Å². The third-order valence-electron chi connectivity index (χ3n) is 12.3. The molecule has 0 aliphatic carbocycles. The van der Waals surface area contributed by atoms with Gasteiger partial charge in [-0.05, 0) is 69.9 Å². The molecule has 4 atom stereocenters. The minimum absolute atomic E-state index is 0.0196. The molecule has 4 rings (SSSR count). The number of rotatable bonds is 42. The van der Waals surface area contributed by atoms with Crippen LogP contribution in [0, 0.1) is 0 Å². The van der Waals surface area contributed by atoms with E-state index in [0.29, 0.717) is 0 Å². The molecular weight excluding hydrogens is 1270 g/mol. The summed E-state index contributed by atoms with van der Waals surface area (Å²) >= 11 is 0. The molecule has 85 heavy (non-hydrogen) atoms. The Labute approximate surface area is 507 Å². The van der Waals surface area contributed by atoms with E-state index in [9.17, 15) is 38.4 Å². The van der Waals surface area contributed by atoms with E-state index >= 15 is 0 Å². The molecule has 36 heteroatoms. The molecule has 0 aromatic rings. The number of unbranched alkanes of at least 4 members (excludes halogenated alkanes) is 1. The van der Waals surface area contributed by atoms with Crippen LogP contribution in [0.25, 0.3) is 0 Å². The molecule has 4 unspecified atom stereocenters. The van der Waals surface area contributed by atoms with Crippen molar-refractivity contribution in [3.63, 3.8) is 0 Å². The van der Waals surface area contributed by atoms with Crippen LogP contribution < -0.4 is 0 Å². The molecule has 0 amide bonds. The van der Waals surface area contributed by atoms with Gasteiger partial charge in [0.25, 0.3) is 0 Å². The van der Waals surface area contributed by atoms with Gasteiger partial charge in [-0.2, -0.15) is 0 Å². The lowest BCUT2D eigenvalue weighted by molar-refractivity contribution is -0.138. The summed E-state index contributed by atoms with van der Waals surface area (Å²) < 4.78 is 129. The second kappa shape index (κ2) is 36.0. The van der Waals surface area contributed by atoms with Crippen molar-refractivity contribution in [3.05, 3.63) is 101 Å². The Balaban J connectivity index is 2.24. The van der Waals surface area contributed by atoms with Crippen LogP contribution in [-0.2, 0) is 121 Å². The SMILES string of the molecule is C=CC(=O)CCCC[Si]12O[Si]3(CCCOC(=O)C=C)O[Si](CCCOC(=O)C=C)(O[SiH3])O[Si](CCCOC(=O)C=C)(O[Si]4(CCCOC(=O)C=C)O[SiH](CCCOC(=O)C=C)O[Si](CCCOC(=O)C=C)(O3)O[Si](CCCOC(=O)C=C)(O4)O1)O2. The Morgan fingerprint density at radius 2 is 0.588 bits per heavy atom. The number of esters is 7. The highest BCUT2D eigenvalue weighted by atomic mass is 28.6. The van der Waals surface area contributed by atoms with Crippen LogP contribution in [-0.4, -0.2) is 175 Å². The molecule has 6 bridgehead atoms. The fraction of sp³-hybridized carbons (Fsp3) is 0.510. The van der Waals surface area contributed by atoms with Gasteiger partial charge in [0.05, 0.1) is 46.2 Å². The first-order valence-electron chi connectivity index (χ1n) is 27.6. The van der Waals surface area contributed by atoms with Gasteiger partial charge in [-0.25, -0.2) is 33.6 Å². The summed E-state index contributed by atoms with van der Waals surface area (Å²) in [5.74, 6) is -5.38. The van der Waals surface area contributed by atoms with Crippen molar-refractivity contribution >= 4 is 129 Å². The highest BCUT2D eigenvalue weighted by Crippen LogP contribution is 2.51. The summed E-state index contributed by atoms with van der Waals surface area (Å²) in [5, 5.41) is 0. The van der Waals surface area contributed by atoms with Gasteiger partial charge in [0.15, 0.2) is 5.78 Å². The van der Waals surface area contributed by atoms with Crippen LogP contribution in [0.2, 0.25) is 48.4 Å². The molecule has 0 radical (unpaired) electrons. The minimum atomic E-state index is -4.88. The molecule has 0 aromatic heterocycles. The summed E-state index contributed by atoms with van der Waals surface area (Å²) in [4.78, 5) is 101. The summed E-state index contributed by atoms with van der Waals surface area (Å²) in [5.41, 5.74) is 0. The summed E-state index contributed by atoms with van der Waals surface area (Å²) in [6, 6.07) is -1.27. The first kappa shape index (κ1) is 72.8. The largest absolute Gasteiger partial charge is 0.479 e. The van der Waals surface area contributed by atoms with Crippen molar-refractivity contribution in [2.75, 3.05) is 46.2 Å². The predicted molar refractivity (Wildman–Crippen MR) is 318 cm³/mol. The average Bonchev–Trinajstić information content (AvgIpc) is 0.868. The number of allylic oxidation sites excluding steroid dienone is 1. The summed E-state index contributed by atoms with van der Waals surface area (Å²) in [6.45, 7) is 26.7. The van der Waals surface area contributed by atoms with Gasteiger partial charge in [-0.15, -0.1) is 0 Å². The van der Waals surface area contributed by atoms with E-state index in [0.717, 1.165) is 42.5 Å². The zero-order valence-electron chi connectivity index (χ0n) is 48.1. The van der Waals surface area contributed by atoms with E-state index in [1.54, 1.807) is 0 Å². The van der Waals surface area contributed by atoms with Gasteiger partial charge in [0, 0.05) is 91.3 Å².